The lowest BCUT2D eigenvalue weighted by molar-refractivity contribution is 0.0954. The molecule has 8 heteroatoms. The molecule has 0 unspecified atom stereocenters. The number of sulfone groups is 1. The summed E-state index contributed by atoms with van der Waals surface area (Å²) in [5.41, 5.74) is 2.46. The molecule has 0 radical (unpaired) electrons. The highest BCUT2D eigenvalue weighted by Gasteiger charge is 2.20. The molecule has 1 N–H and O–H groups in total. The largest absolute Gasteiger partial charge is 0.497 e. The zero-order valence-electron chi connectivity index (χ0n) is 18.7. The van der Waals surface area contributed by atoms with Crippen molar-refractivity contribution in [1.82, 2.24) is 15.1 Å². The van der Waals surface area contributed by atoms with Gasteiger partial charge in [-0.1, -0.05) is 48.5 Å². The van der Waals surface area contributed by atoms with E-state index in [-0.39, 0.29) is 23.1 Å². The third-order valence-corrected chi connectivity index (χ3v) is 7.12. The van der Waals surface area contributed by atoms with Gasteiger partial charge in [0.25, 0.3) is 5.91 Å². The molecule has 4 rings (SSSR count). The number of carbonyl (C=O) groups is 1. The van der Waals surface area contributed by atoms with Crippen LogP contribution < -0.4 is 10.1 Å². The van der Waals surface area contributed by atoms with E-state index >= 15 is 0 Å². The molecule has 1 amide bonds. The Labute approximate surface area is 198 Å². The number of carbonyl (C=O) groups excluding carboxylic acids is 1. The maximum absolute atomic E-state index is 13.1. The predicted molar refractivity (Wildman–Crippen MR) is 131 cm³/mol. The Hall–Kier alpha value is -3.91. The molecule has 0 aliphatic carbocycles. The van der Waals surface area contributed by atoms with E-state index < -0.39 is 9.84 Å². The zero-order chi connectivity index (χ0) is 24.0. The second-order valence-electron chi connectivity index (χ2n) is 7.64. The monoisotopic (exact) mass is 475 g/mol. The number of amides is 1. The van der Waals surface area contributed by atoms with Crippen molar-refractivity contribution in [2.24, 2.45) is 0 Å². The molecule has 3 aromatic carbocycles. The molecule has 34 heavy (non-hydrogen) atoms. The Morgan fingerprint density at radius 2 is 1.68 bits per heavy atom. The fraction of sp³-hybridized carbons (Fsp3) is 0.154. The second-order valence-corrected chi connectivity index (χ2v) is 9.75. The van der Waals surface area contributed by atoms with E-state index in [0.29, 0.717) is 23.4 Å². The second kappa shape index (κ2) is 10.4. The van der Waals surface area contributed by atoms with Gasteiger partial charge in [-0.15, -0.1) is 0 Å². The van der Waals surface area contributed by atoms with Crippen molar-refractivity contribution < 1.29 is 17.9 Å². The number of hydrogen-bond acceptors (Lipinski definition) is 5. The quantitative estimate of drug-likeness (QED) is 0.368. The number of rotatable bonds is 9. The van der Waals surface area contributed by atoms with Gasteiger partial charge in [-0.3, -0.25) is 4.79 Å². The van der Waals surface area contributed by atoms with E-state index in [9.17, 15) is 13.2 Å². The lowest BCUT2D eigenvalue weighted by atomic mass is 10.1. The lowest BCUT2D eigenvalue weighted by Gasteiger charge is -2.07. The summed E-state index contributed by atoms with van der Waals surface area (Å²) in [6.07, 6.45) is 1.98. The van der Waals surface area contributed by atoms with Crippen LogP contribution in [0.25, 0.3) is 16.9 Å². The molecule has 0 fully saturated rings. The Morgan fingerprint density at radius 1 is 0.971 bits per heavy atom. The van der Waals surface area contributed by atoms with Crippen LogP contribution in [0.4, 0.5) is 0 Å². The van der Waals surface area contributed by atoms with Gasteiger partial charge in [-0.05, 0) is 42.8 Å². The third kappa shape index (κ3) is 5.35. The zero-order valence-corrected chi connectivity index (χ0v) is 19.5. The van der Waals surface area contributed by atoms with Crippen LogP contribution in [-0.4, -0.2) is 43.5 Å². The minimum atomic E-state index is -3.40. The van der Waals surface area contributed by atoms with Gasteiger partial charge in [0.05, 0.1) is 29.0 Å². The number of nitrogens with zero attached hydrogens (tertiary/aromatic N) is 2. The highest BCUT2D eigenvalue weighted by molar-refractivity contribution is 7.91. The fourth-order valence-electron chi connectivity index (χ4n) is 3.54. The maximum Gasteiger partial charge on any atom is 0.255 e. The Bertz CT molecular complexity index is 1370. The molecule has 4 aromatic rings. The van der Waals surface area contributed by atoms with E-state index in [4.69, 9.17) is 4.74 Å². The Balaban J connectivity index is 1.52. The minimum absolute atomic E-state index is 0.0523. The number of ether oxygens (including phenoxy) is 1. The van der Waals surface area contributed by atoms with E-state index in [1.54, 1.807) is 48.3 Å². The van der Waals surface area contributed by atoms with Crippen LogP contribution in [0.1, 0.15) is 16.8 Å². The predicted octanol–water partition coefficient (Wildman–Crippen LogP) is 4.14. The van der Waals surface area contributed by atoms with Gasteiger partial charge in [0.2, 0.25) is 0 Å². The molecule has 1 aromatic heterocycles. The highest BCUT2D eigenvalue weighted by Crippen LogP contribution is 2.27. The minimum Gasteiger partial charge on any atom is -0.497 e. The summed E-state index contributed by atoms with van der Waals surface area (Å²) in [6, 6.07) is 25.2. The van der Waals surface area contributed by atoms with Gasteiger partial charge < -0.3 is 10.1 Å². The summed E-state index contributed by atoms with van der Waals surface area (Å²) in [5.74, 6) is 0.282. The van der Waals surface area contributed by atoms with E-state index in [1.807, 2.05) is 54.6 Å². The van der Waals surface area contributed by atoms with Gasteiger partial charge in [0, 0.05) is 18.3 Å². The Morgan fingerprint density at radius 3 is 2.38 bits per heavy atom. The van der Waals surface area contributed by atoms with Crippen LogP contribution in [0.2, 0.25) is 0 Å². The molecule has 0 atom stereocenters. The standard InChI is InChI=1S/C26H25N3O4S/c1-33-22-13-8-10-20(18-22)25-24(19-29(28-25)21-11-4-2-5-12-21)26(30)27-16-9-17-34(31,32)23-14-6-3-7-15-23/h2-8,10-15,18-19H,9,16-17H2,1H3,(H,27,30). The maximum atomic E-state index is 13.1. The van der Waals surface area contributed by atoms with Crippen molar-refractivity contribution in [2.45, 2.75) is 11.3 Å². The van der Waals surface area contributed by atoms with Crippen LogP contribution in [0.15, 0.2) is 96.0 Å². The van der Waals surface area contributed by atoms with E-state index in [1.165, 1.54) is 0 Å². The van der Waals surface area contributed by atoms with Crippen molar-refractivity contribution >= 4 is 15.7 Å². The van der Waals surface area contributed by atoms with Crippen molar-refractivity contribution in [3.05, 3.63) is 96.7 Å². The third-order valence-electron chi connectivity index (χ3n) is 5.30. The van der Waals surface area contributed by atoms with Crippen molar-refractivity contribution in [3.63, 3.8) is 0 Å². The molecule has 0 bridgehead atoms. The van der Waals surface area contributed by atoms with Crippen molar-refractivity contribution in [1.29, 1.82) is 0 Å². The first-order chi connectivity index (χ1) is 16.5. The van der Waals surface area contributed by atoms with Gasteiger partial charge in [0.15, 0.2) is 9.84 Å². The van der Waals surface area contributed by atoms with Gasteiger partial charge >= 0.3 is 0 Å². The molecule has 0 saturated heterocycles. The fourth-order valence-corrected chi connectivity index (χ4v) is 4.87. The summed E-state index contributed by atoms with van der Waals surface area (Å²) < 4.78 is 31.9. The first kappa shape index (κ1) is 23.3. The molecular formula is C26H25N3O4S. The van der Waals surface area contributed by atoms with Crippen LogP contribution in [0.3, 0.4) is 0 Å². The molecule has 0 spiro atoms. The molecule has 174 valence electrons. The van der Waals surface area contributed by atoms with Crippen LogP contribution in [-0.2, 0) is 9.84 Å². The number of para-hydroxylation sites is 1. The van der Waals surface area contributed by atoms with Crippen molar-refractivity contribution in [3.8, 4) is 22.7 Å². The smallest absolute Gasteiger partial charge is 0.255 e. The first-order valence-corrected chi connectivity index (χ1v) is 12.5. The van der Waals surface area contributed by atoms with Gasteiger partial charge in [-0.2, -0.15) is 5.10 Å². The number of methoxy groups -OCH3 is 1. The SMILES string of the molecule is COc1cccc(-c2nn(-c3ccccc3)cc2C(=O)NCCCS(=O)(=O)c2ccccc2)c1. The molecule has 7 nitrogen and oxygen atoms in total. The number of benzene rings is 3. The number of hydrogen-bond donors (Lipinski definition) is 1. The summed E-state index contributed by atoms with van der Waals surface area (Å²) in [6.45, 7) is 0.221. The number of nitrogens with one attached hydrogen (secondary N) is 1. The molecule has 0 aliphatic rings. The Kier molecular flexibility index (Phi) is 7.08. The molecule has 1 heterocycles. The van der Waals surface area contributed by atoms with Gasteiger partial charge in [0.1, 0.15) is 11.4 Å². The van der Waals surface area contributed by atoms with Crippen LogP contribution in [0.5, 0.6) is 5.75 Å². The van der Waals surface area contributed by atoms with Crippen LogP contribution >= 0.6 is 0 Å². The summed E-state index contributed by atoms with van der Waals surface area (Å²) in [5, 5.41) is 7.50. The first-order valence-electron chi connectivity index (χ1n) is 10.8. The normalized spacial score (nSPS) is 11.2. The summed E-state index contributed by atoms with van der Waals surface area (Å²) >= 11 is 0. The average molecular weight is 476 g/mol. The van der Waals surface area contributed by atoms with E-state index in [2.05, 4.69) is 10.4 Å². The number of aromatic nitrogens is 2. The summed E-state index contributed by atoms with van der Waals surface area (Å²) in [7, 11) is -1.81. The highest BCUT2D eigenvalue weighted by atomic mass is 32.2. The van der Waals surface area contributed by atoms with E-state index in [0.717, 1.165) is 11.3 Å². The topological polar surface area (TPSA) is 90.3 Å². The van der Waals surface area contributed by atoms with Gasteiger partial charge in [-0.25, -0.2) is 13.1 Å². The average Bonchev–Trinajstić information content (AvgIpc) is 3.33. The molecular weight excluding hydrogens is 450 g/mol. The summed E-state index contributed by atoms with van der Waals surface area (Å²) in [4.78, 5) is 13.4. The molecule has 0 saturated carbocycles. The van der Waals surface area contributed by atoms with Crippen molar-refractivity contribution in [2.75, 3.05) is 19.4 Å². The lowest BCUT2D eigenvalue weighted by Crippen LogP contribution is -2.26. The molecule has 0 aliphatic heterocycles. The van der Waals surface area contributed by atoms with Crippen LogP contribution in [0, 0.1) is 0 Å².